The summed E-state index contributed by atoms with van der Waals surface area (Å²) in [7, 11) is 0. The van der Waals surface area contributed by atoms with Crippen molar-refractivity contribution in [3.05, 3.63) is 46.3 Å². The molecule has 6 heteroatoms. The fourth-order valence-corrected chi connectivity index (χ4v) is 1.72. The Labute approximate surface area is 121 Å². The molecule has 5 nitrogen and oxygen atoms in total. The van der Waals surface area contributed by atoms with E-state index in [1.54, 1.807) is 25.1 Å². The van der Waals surface area contributed by atoms with E-state index in [-0.39, 0.29) is 12.5 Å². The molecule has 0 atom stereocenters. The van der Waals surface area contributed by atoms with Crippen LogP contribution in [0.4, 0.5) is 5.69 Å². The van der Waals surface area contributed by atoms with Crippen molar-refractivity contribution in [2.75, 3.05) is 11.9 Å². The van der Waals surface area contributed by atoms with Crippen LogP contribution >= 0.6 is 11.6 Å². The van der Waals surface area contributed by atoms with Gasteiger partial charge in [-0.1, -0.05) is 28.6 Å². The number of nitrogens with zero attached hydrogens (tertiary/aromatic N) is 1. The molecule has 0 aliphatic rings. The topological polar surface area (TPSA) is 81.2 Å². The van der Waals surface area contributed by atoms with Gasteiger partial charge in [-0.15, -0.1) is 0 Å². The highest BCUT2D eigenvalue weighted by Gasteiger charge is 2.13. The van der Waals surface area contributed by atoms with Crippen LogP contribution in [-0.2, 0) is 0 Å². The van der Waals surface area contributed by atoms with Gasteiger partial charge in [-0.3, -0.25) is 4.79 Å². The number of nitrogens with two attached hydrogens (primary N) is 1. The maximum atomic E-state index is 12.0. The summed E-state index contributed by atoms with van der Waals surface area (Å²) in [6.07, 6.45) is 1.37. The summed E-state index contributed by atoms with van der Waals surface area (Å²) in [5, 5.41) is 6.80. The monoisotopic (exact) mass is 289 g/mol. The number of benzene rings is 1. The Kier molecular flexibility index (Phi) is 4.41. The van der Waals surface area contributed by atoms with E-state index in [4.69, 9.17) is 21.9 Å². The Morgan fingerprint density at radius 1 is 1.55 bits per heavy atom. The highest BCUT2D eigenvalue weighted by Crippen LogP contribution is 2.20. The van der Waals surface area contributed by atoms with Crippen molar-refractivity contribution in [3.63, 3.8) is 0 Å². The Hall–Kier alpha value is -2.29. The first-order valence-electron chi connectivity index (χ1n) is 5.83. The minimum absolute atomic E-state index is 0.243. The molecule has 0 aliphatic carbocycles. The standard InChI is InChI=1S/C14H12ClN3O2/c1-9-12(8-17-20-9)14(19)18-11-4-5-13(15)10(7-11)3-2-6-16/h4-5,7-8H,6,16H2,1H3,(H,18,19). The van der Waals surface area contributed by atoms with Crippen molar-refractivity contribution in [3.8, 4) is 11.8 Å². The number of aromatic nitrogens is 1. The largest absolute Gasteiger partial charge is 0.361 e. The number of amides is 1. The number of anilines is 1. The zero-order valence-corrected chi connectivity index (χ0v) is 11.5. The van der Waals surface area contributed by atoms with Crippen molar-refractivity contribution in [2.45, 2.75) is 6.92 Å². The van der Waals surface area contributed by atoms with Gasteiger partial charge in [-0.2, -0.15) is 0 Å². The molecule has 0 aliphatic heterocycles. The van der Waals surface area contributed by atoms with Gasteiger partial charge in [0, 0.05) is 11.3 Å². The summed E-state index contributed by atoms with van der Waals surface area (Å²) in [5.74, 6) is 5.72. The van der Waals surface area contributed by atoms with Crippen molar-refractivity contribution >= 4 is 23.2 Å². The molecule has 0 radical (unpaired) electrons. The molecule has 0 saturated carbocycles. The lowest BCUT2D eigenvalue weighted by Crippen LogP contribution is -2.12. The Morgan fingerprint density at radius 2 is 2.35 bits per heavy atom. The van der Waals surface area contributed by atoms with Gasteiger partial charge in [0.1, 0.15) is 11.3 Å². The highest BCUT2D eigenvalue weighted by atomic mass is 35.5. The number of nitrogens with one attached hydrogen (secondary N) is 1. The summed E-state index contributed by atoms with van der Waals surface area (Å²) in [4.78, 5) is 12.0. The summed E-state index contributed by atoms with van der Waals surface area (Å²) >= 11 is 6.01. The SMILES string of the molecule is Cc1oncc1C(=O)Nc1ccc(Cl)c(C#CCN)c1. The number of carbonyl (C=O) groups is 1. The lowest BCUT2D eigenvalue weighted by Gasteiger charge is -2.05. The van der Waals surface area contributed by atoms with Crippen LogP contribution in [0.3, 0.4) is 0 Å². The third-order valence-electron chi connectivity index (χ3n) is 2.54. The van der Waals surface area contributed by atoms with Crippen LogP contribution in [0.15, 0.2) is 28.9 Å². The number of carbonyl (C=O) groups excluding carboxylic acids is 1. The highest BCUT2D eigenvalue weighted by molar-refractivity contribution is 6.31. The molecule has 20 heavy (non-hydrogen) atoms. The van der Waals surface area contributed by atoms with Gasteiger partial charge >= 0.3 is 0 Å². The van der Waals surface area contributed by atoms with Crippen LogP contribution in [0.1, 0.15) is 21.7 Å². The van der Waals surface area contributed by atoms with Crippen LogP contribution in [0.25, 0.3) is 0 Å². The zero-order chi connectivity index (χ0) is 14.5. The van der Waals surface area contributed by atoms with E-state index < -0.39 is 0 Å². The second-order valence-electron chi connectivity index (χ2n) is 3.95. The number of aryl methyl sites for hydroxylation is 1. The van der Waals surface area contributed by atoms with E-state index >= 15 is 0 Å². The van der Waals surface area contributed by atoms with Gasteiger partial charge in [-0.05, 0) is 25.1 Å². The third kappa shape index (κ3) is 3.18. The number of hydrogen-bond acceptors (Lipinski definition) is 4. The van der Waals surface area contributed by atoms with Crippen LogP contribution in [-0.4, -0.2) is 17.6 Å². The predicted octanol–water partition coefficient (Wildman–Crippen LogP) is 2.20. The molecular formula is C14H12ClN3O2. The molecule has 0 fully saturated rings. The van der Waals surface area contributed by atoms with E-state index in [0.29, 0.717) is 27.6 Å². The fraction of sp³-hybridized carbons (Fsp3) is 0.143. The first-order chi connectivity index (χ1) is 9.61. The zero-order valence-electron chi connectivity index (χ0n) is 10.7. The molecule has 3 N–H and O–H groups in total. The number of hydrogen-bond donors (Lipinski definition) is 2. The average Bonchev–Trinajstić information content (AvgIpc) is 2.85. The summed E-state index contributed by atoms with van der Waals surface area (Å²) in [5.41, 5.74) is 6.90. The van der Waals surface area contributed by atoms with E-state index in [1.165, 1.54) is 6.20 Å². The minimum Gasteiger partial charge on any atom is -0.361 e. The maximum Gasteiger partial charge on any atom is 0.260 e. The normalized spacial score (nSPS) is 9.75. The molecular weight excluding hydrogens is 278 g/mol. The third-order valence-corrected chi connectivity index (χ3v) is 2.87. The van der Waals surface area contributed by atoms with Crippen molar-refractivity contribution in [1.82, 2.24) is 5.16 Å². The van der Waals surface area contributed by atoms with Crippen LogP contribution in [0, 0.1) is 18.8 Å². The minimum atomic E-state index is -0.302. The van der Waals surface area contributed by atoms with E-state index in [2.05, 4.69) is 22.3 Å². The van der Waals surface area contributed by atoms with Gasteiger partial charge in [-0.25, -0.2) is 0 Å². The van der Waals surface area contributed by atoms with E-state index in [0.717, 1.165) is 0 Å². The van der Waals surface area contributed by atoms with E-state index in [9.17, 15) is 4.79 Å². The molecule has 0 bridgehead atoms. The van der Waals surface area contributed by atoms with Crippen molar-refractivity contribution in [1.29, 1.82) is 0 Å². The Morgan fingerprint density at radius 3 is 3.00 bits per heavy atom. The van der Waals surface area contributed by atoms with Crippen molar-refractivity contribution < 1.29 is 9.32 Å². The van der Waals surface area contributed by atoms with Gasteiger partial charge < -0.3 is 15.6 Å². The average molecular weight is 290 g/mol. The van der Waals surface area contributed by atoms with Gasteiger partial charge in [0.05, 0.1) is 17.8 Å². The lowest BCUT2D eigenvalue weighted by molar-refractivity contribution is 0.102. The Balaban J connectivity index is 2.22. The molecule has 1 aromatic heterocycles. The summed E-state index contributed by atoms with van der Waals surface area (Å²) in [6, 6.07) is 5.04. The molecule has 0 unspecified atom stereocenters. The van der Waals surface area contributed by atoms with Crippen LogP contribution < -0.4 is 11.1 Å². The second-order valence-corrected chi connectivity index (χ2v) is 4.36. The van der Waals surface area contributed by atoms with Crippen molar-refractivity contribution in [2.24, 2.45) is 5.73 Å². The molecule has 1 amide bonds. The summed E-state index contributed by atoms with van der Waals surface area (Å²) < 4.78 is 4.85. The quantitative estimate of drug-likeness (QED) is 0.831. The van der Waals surface area contributed by atoms with Crippen LogP contribution in [0.5, 0.6) is 0 Å². The molecule has 102 valence electrons. The smallest absolute Gasteiger partial charge is 0.260 e. The molecule has 1 heterocycles. The molecule has 0 saturated heterocycles. The maximum absolute atomic E-state index is 12.0. The lowest BCUT2D eigenvalue weighted by atomic mass is 10.2. The number of rotatable bonds is 2. The van der Waals surface area contributed by atoms with Gasteiger partial charge in [0.25, 0.3) is 5.91 Å². The fourth-order valence-electron chi connectivity index (χ4n) is 1.56. The molecule has 2 rings (SSSR count). The second kappa shape index (κ2) is 6.24. The van der Waals surface area contributed by atoms with Gasteiger partial charge in [0.15, 0.2) is 0 Å². The molecule has 0 spiro atoms. The predicted molar refractivity (Wildman–Crippen MR) is 76.6 cm³/mol. The van der Waals surface area contributed by atoms with Crippen LogP contribution in [0.2, 0.25) is 5.02 Å². The summed E-state index contributed by atoms with van der Waals surface area (Å²) in [6.45, 7) is 1.91. The first kappa shape index (κ1) is 14.1. The molecule has 1 aromatic carbocycles. The Bertz CT molecular complexity index is 698. The first-order valence-corrected chi connectivity index (χ1v) is 6.20. The number of halogens is 1. The van der Waals surface area contributed by atoms with E-state index in [1.807, 2.05) is 0 Å². The molecule has 2 aromatic rings. The van der Waals surface area contributed by atoms with Gasteiger partial charge in [0.2, 0.25) is 0 Å².